The molecule has 0 radical (unpaired) electrons. The first-order valence-electron chi connectivity index (χ1n) is 8.31. The number of rotatable bonds is 4. The van der Waals surface area contributed by atoms with Crippen LogP contribution in [0.3, 0.4) is 0 Å². The fraction of sp³-hybridized carbons (Fsp3) is 0.588. The maximum Gasteiger partial charge on any atom is 0.222 e. The number of hydrogen-bond donors (Lipinski definition) is 1. The van der Waals surface area contributed by atoms with Gasteiger partial charge in [-0.2, -0.15) is 10.2 Å². The Morgan fingerprint density at radius 2 is 2.26 bits per heavy atom. The number of hydrogen-bond acceptors (Lipinski definition) is 3. The van der Waals surface area contributed by atoms with Crippen molar-refractivity contribution < 1.29 is 4.79 Å². The van der Waals surface area contributed by atoms with Gasteiger partial charge in [-0.25, -0.2) is 0 Å². The molecule has 3 rings (SSSR count). The van der Waals surface area contributed by atoms with E-state index in [2.05, 4.69) is 21.4 Å². The highest BCUT2D eigenvalue weighted by Crippen LogP contribution is 2.26. The molecule has 1 saturated heterocycles. The van der Waals surface area contributed by atoms with Crippen LogP contribution < -0.4 is 0 Å². The molecular weight excluding hydrogens is 290 g/mol. The van der Waals surface area contributed by atoms with Crippen molar-refractivity contribution in [3.05, 3.63) is 34.9 Å². The summed E-state index contributed by atoms with van der Waals surface area (Å²) in [5.41, 5.74) is 4.35. The summed E-state index contributed by atoms with van der Waals surface area (Å²) < 4.78 is 1.81. The number of aromatic nitrogens is 4. The predicted molar refractivity (Wildman–Crippen MR) is 88.1 cm³/mol. The predicted octanol–water partition coefficient (Wildman–Crippen LogP) is 2.10. The number of amides is 1. The van der Waals surface area contributed by atoms with Crippen LogP contribution in [0.25, 0.3) is 0 Å². The highest BCUT2D eigenvalue weighted by Gasteiger charge is 2.26. The molecule has 6 heteroatoms. The van der Waals surface area contributed by atoms with Crippen LogP contribution in [0.5, 0.6) is 0 Å². The van der Waals surface area contributed by atoms with Gasteiger partial charge in [-0.1, -0.05) is 0 Å². The molecule has 1 aliphatic rings. The van der Waals surface area contributed by atoms with Gasteiger partial charge in [0.2, 0.25) is 5.91 Å². The molecule has 2 aromatic heterocycles. The van der Waals surface area contributed by atoms with Gasteiger partial charge in [0.15, 0.2) is 0 Å². The molecule has 6 nitrogen and oxygen atoms in total. The summed E-state index contributed by atoms with van der Waals surface area (Å²) in [4.78, 5) is 14.5. The lowest BCUT2D eigenvalue weighted by Gasteiger charge is -2.32. The third-order valence-corrected chi connectivity index (χ3v) is 4.64. The van der Waals surface area contributed by atoms with E-state index in [0.717, 1.165) is 55.0 Å². The summed E-state index contributed by atoms with van der Waals surface area (Å²) in [7, 11) is 1.92. The van der Waals surface area contributed by atoms with Crippen LogP contribution in [0, 0.1) is 13.8 Å². The monoisotopic (exact) mass is 315 g/mol. The van der Waals surface area contributed by atoms with Gasteiger partial charge >= 0.3 is 0 Å². The van der Waals surface area contributed by atoms with Gasteiger partial charge in [-0.3, -0.25) is 14.6 Å². The Labute approximate surface area is 136 Å². The lowest BCUT2D eigenvalue weighted by molar-refractivity contribution is -0.132. The summed E-state index contributed by atoms with van der Waals surface area (Å²) in [5.74, 6) is 0.600. The highest BCUT2D eigenvalue weighted by molar-refractivity contribution is 5.76. The third kappa shape index (κ3) is 3.63. The zero-order chi connectivity index (χ0) is 16.4. The zero-order valence-electron chi connectivity index (χ0n) is 14.2. The van der Waals surface area contributed by atoms with Gasteiger partial charge < -0.3 is 4.90 Å². The summed E-state index contributed by atoms with van der Waals surface area (Å²) in [6, 6.07) is 2.09. The van der Waals surface area contributed by atoms with E-state index in [1.54, 1.807) is 0 Å². The molecule has 0 bridgehead atoms. The SMILES string of the molecule is Cc1cc([C@@H]2CCCN(C(=O)CCc3cn(C)nc3C)C2)n[nH]1. The topological polar surface area (TPSA) is 66.8 Å². The Morgan fingerprint density at radius 1 is 1.43 bits per heavy atom. The van der Waals surface area contributed by atoms with Crippen molar-refractivity contribution in [3.63, 3.8) is 0 Å². The molecule has 0 aliphatic carbocycles. The molecule has 1 aliphatic heterocycles. The minimum Gasteiger partial charge on any atom is -0.342 e. The molecule has 3 heterocycles. The second-order valence-corrected chi connectivity index (χ2v) is 6.57. The molecular formula is C17H25N5O. The van der Waals surface area contributed by atoms with E-state index >= 15 is 0 Å². The number of piperidine rings is 1. The lowest BCUT2D eigenvalue weighted by Crippen LogP contribution is -2.39. The quantitative estimate of drug-likeness (QED) is 0.939. The summed E-state index contributed by atoms with van der Waals surface area (Å²) in [5, 5.41) is 11.7. The van der Waals surface area contributed by atoms with E-state index in [0.29, 0.717) is 12.3 Å². The molecule has 124 valence electrons. The van der Waals surface area contributed by atoms with Crippen molar-refractivity contribution in [1.29, 1.82) is 0 Å². The van der Waals surface area contributed by atoms with Gasteiger partial charge in [0.25, 0.3) is 0 Å². The first-order valence-corrected chi connectivity index (χ1v) is 8.31. The van der Waals surface area contributed by atoms with Crippen LogP contribution >= 0.6 is 0 Å². The first-order chi connectivity index (χ1) is 11.0. The van der Waals surface area contributed by atoms with Crippen LogP contribution in [-0.4, -0.2) is 43.9 Å². The molecule has 1 atom stereocenters. The molecule has 1 fully saturated rings. The standard InChI is InChI=1S/C17H25N5O/c1-12-9-16(19-18-12)15-5-4-8-22(11-15)17(23)7-6-14-10-21(3)20-13(14)2/h9-10,15H,4-8,11H2,1-3H3,(H,18,19)/t15-/m1/s1. The fourth-order valence-electron chi connectivity index (χ4n) is 3.39. The van der Waals surface area contributed by atoms with Crippen molar-refractivity contribution in [1.82, 2.24) is 24.9 Å². The van der Waals surface area contributed by atoms with Crippen LogP contribution in [0.15, 0.2) is 12.3 Å². The Bertz CT molecular complexity index is 687. The van der Waals surface area contributed by atoms with Gasteiger partial charge in [0.05, 0.1) is 11.4 Å². The van der Waals surface area contributed by atoms with Crippen LogP contribution in [0.4, 0.5) is 0 Å². The number of nitrogens with one attached hydrogen (secondary N) is 1. The second-order valence-electron chi connectivity index (χ2n) is 6.57. The third-order valence-electron chi connectivity index (χ3n) is 4.64. The minimum absolute atomic E-state index is 0.241. The van der Waals surface area contributed by atoms with Crippen molar-refractivity contribution in [2.45, 2.75) is 45.4 Å². The van der Waals surface area contributed by atoms with Crippen LogP contribution in [0.2, 0.25) is 0 Å². The van der Waals surface area contributed by atoms with Crippen molar-refractivity contribution in [2.24, 2.45) is 7.05 Å². The molecule has 0 spiro atoms. The normalized spacial score (nSPS) is 18.4. The molecule has 0 aromatic carbocycles. The van der Waals surface area contributed by atoms with E-state index in [1.807, 2.05) is 36.7 Å². The summed E-state index contributed by atoms with van der Waals surface area (Å²) >= 11 is 0. The molecule has 1 amide bonds. The maximum absolute atomic E-state index is 12.5. The lowest BCUT2D eigenvalue weighted by atomic mass is 9.94. The average Bonchev–Trinajstić information content (AvgIpc) is 3.10. The number of likely N-dealkylation sites (tertiary alicyclic amines) is 1. The van der Waals surface area contributed by atoms with E-state index in [4.69, 9.17) is 0 Å². The fourth-order valence-corrected chi connectivity index (χ4v) is 3.39. The molecule has 0 saturated carbocycles. The van der Waals surface area contributed by atoms with Crippen molar-refractivity contribution in [3.8, 4) is 0 Å². The molecule has 1 N–H and O–H groups in total. The van der Waals surface area contributed by atoms with Crippen LogP contribution in [-0.2, 0) is 18.3 Å². The smallest absolute Gasteiger partial charge is 0.222 e. The van der Waals surface area contributed by atoms with E-state index < -0.39 is 0 Å². The number of H-pyrrole nitrogens is 1. The zero-order valence-corrected chi connectivity index (χ0v) is 14.2. The van der Waals surface area contributed by atoms with Crippen molar-refractivity contribution in [2.75, 3.05) is 13.1 Å². The highest BCUT2D eigenvalue weighted by atomic mass is 16.2. The largest absolute Gasteiger partial charge is 0.342 e. The summed E-state index contributed by atoms with van der Waals surface area (Å²) in [6.45, 7) is 5.66. The van der Waals surface area contributed by atoms with Gasteiger partial charge in [0.1, 0.15) is 0 Å². The Balaban J connectivity index is 1.57. The average molecular weight is 315 g/mol. The number of carbonyl (C=O) groups is 1. The van der Waals surface area contributed by atoms with E-state index in [9.17, 15) is 4.79 Å². The summed E-state index contributed by atoms with van der Waals surface area (Å²) in [6.07, 6.45) is 5.48. The number of aromatic amines is 1. The van der Waals surface area contributed by atoms with Gasteiger partial charge in [0, 0.05) is 44.4 Å². The first kappa shape index (κ1) is 15.8. The van der Waals surface area contributed by atoms with E-state index in [1.165, 1.54) is 0 Å². The molecule has 0 unspecified atom stereocenters. The Hall–Kier alpha value is -2.11. The van der Waals surface area contributed by atoms with Crippen molar-refractivity contribution >= 4 is 5.91 Å². The minimum atomic E-state index is 0.241. The number of nitrogens with zero attached hydrogens (tertiary/aromatic N) is 4. The molecule has 2 aromatic rings. The van der Waals surface area contributed by atoms with E-state index in [-0.39, 0.29) is 5.91 Å². The second kappa shape index (κ2) is 6.56. The van der Waals surface area contributed by atoms with Crippen LogP contribution in [0.1, 0.15) is 47.8 Å². The maximum atomic E-state index is 12.5. The molecule has 23 heavy (non-hydrogen) atoms. The Morgan fingerprint density at radius 3 is 2.91 bits per heavy atom. The number of carbonyl (C=O) groups excluding carboxylic acids is 1. The number of aryl methyl sites for hydroxylation is 4. The van der Waals surface area contributed by atoms with Gasteiger partial charge in [-0.05, 0) is 44.7 Å². The van der Waals surface area contributed by atoms with Gasteiger partial charge in [-0.15, -0.1) is 0 Å². The Kier molecular flexibility index (Phi) is 4.50.